The fourth-order valence-electron chi connectivity index (χ4n) is 2.97. The van der Waals surface area contributed by atoms with E-state index in [0.717, 1.165) is 10.5 Å². The van der Waals surface area contributed by atoms with E-state index in [9.17, 15) is 4.79 Å². The van der Waals surface area contributed by atoms with Crippen LogP contribution < -0.4 is 4.74 Å². The summed E-state index contributed by atoms with van der Waals surface area (Å²) in [7, 11) is 0. The number of benzene rings is 2. The van der Waals surface area contributed by atoms with Crippen molar-refractivity contribution in [1.29, 1.82) is 0 Å². The van der Waals surface area contributed by atoms with Crippen LogP contribution in [0, 0.1) is 6.92 Å². The lowest BCUT2D eigenvalue weighted by Gasteiger charge is -2.10. The van der Waals surface area contributed by atoms with Gasteiger partial charge in [-0.05, 0) is 67.1 Å². The topological polar surface area (TPSA) is 52.1 Å². The zero-order chi connectivity index (χ0) is 21.6. The van der Waals surface area contributed by atoms with Gasteiger partial charge in [0.1, 0.15) is 16.5 Å². The minimum absolute atomic E-state index is 0.0266. The number of carbonyl (C=O) groups is 1. The molecule has 6 heteroatoms. The molecule has 4 nitrogen and oxygen atoms in total. The van der Waals surface area contributed by atoms with E-state index in [1.54, 1.807) is 36.7 Å². The second-order valence-corrected chi connectivity index (χ2v) is 8.37. The highest BCUT2D eigenvalue weighted by Crippen LogP contribution is 2.29. The van der Waals surface area contributed by atoms with Crippen molar-refractivity contribution in [1.82, 2.24) is 9.97 Å². The summed E-state index contributed by atoms with van der Waals surface area (Å²) in [6, 6.07) is 22.5. The number of rotatable bonds is 7. The first kappa shape index (κ1) is 21.1. The third kappa shape index (κ3) is 5.51. The fourth-order valence-corrected chi connectivity index (χ4v) is 4.12. The van der Waals surface area contributed by atoms with Gasteiger partial charge in [-0.25, -0.2) is 4.98 Å². The third-order valence-corrected chi connectivity index (χ3v) is 5.79. The molecule has 4 aromatic rings. The lowest BCUT2D eigenvalue weighted by molar-refractivity contribution is 0.0988. The van der Waals surface area contributed by atoms with Crippen LogP contribution >= 0.6 is 23.4 Å². The Kier molecular flexibility index (Phi) is 6.65. The zero-order valence-electron chi connectivity index (χ0n) is 16.8. The number of ketones is 1. The summed E-state index contributed by atoms with van der Waals surface area (Å²) in [6.07, 6.45) is 3.51. The Hall–Kier alpha value is -3.15. The van der Waals surface area contributed by atoms with E-state index in [0.29, 0.717) is 32.8 Å². The number of aryl methyl sites for hydroxylation is 1. The normalized spacial score (nSPS) is 10.6. The summed E-state index contributed by atoms with van der Waals surface area (Å²) in [5.74, 6) is 1.29. The van der Waals surface area contributed by atoms with Crippen LogP contribution in [0.15, 0.2) is 95.1 Å². The largest absolute Gasteiger partial charge is 0.455 e. The maximum atomic E-state index is 12.9. The van der Waals surface area contributed by atoms with Gasteiger partial charge in [-0.2, -0.15) is 0 Å². The van der Waals surface area contributed by atoms with Crippen molar-refractivity contribution in [2.75, 3.05) is 0 Å². The highest BCUT2D eigenvalue weighted by Gasteiger charge is 2.15. The Morgan fingerprint density at radius 3 is 2.58 bits per heavy atom. The predicted molar refractivity (Wildman–Crippen MR) is 123 cm³/mol. The van der Waals surface area contributed by atoms with Gasteiger partial charge in [0.25, 0.3) is 0 Å². The number of ether oxygens (including phenoxy) is 1. The van der Waals surface area contributed by atoms with Gasteiger partial charge in [0.15, 0.2) is 5.78 Å². The molecule has 0 radical (unpaired) electrons. The first-order valence-corrected chi connectivity index (χ1v) is 10.9. The molecular weight excluding hydrogens is 428 g/mol. The van der Waals surface area contributed by atoms with Crippen LogP contribution in [0.1, 0.15) is 21.6 Å². The first-order chi connectivity index (χ1) is 15.1. The Balaban J connectivity index is 1.46. The highest BCUT2D eigenvalue weighted by atomic mass is 35.5. The summed E-state index contributed by atoms with van der Waals surface area (Å²) in [6.45, 7) is 1.93. The van der Waals surface area contributed by atoms with E-state index in [1.807, 2.05) is 55.5 Å². The molecule has 0 aliphatic carbocycles. The number of nitrogens with zero attached hydrogens (tertiary/aromatic N) is 2. The molecular formula is C25H19ClN2O2S. The summed E-state index contributed by atoms with van der Waals surface area (Å²) >= 11 is 7.47. The average molecular weight is 447 g/mol. The van der Waals surface area contributed by atoms with Crippen LogP contribution in [-0.4, -0.2) is 15.8 Å². The minimum Gasteiger partial charge on any atom is -0.455 e. The number of pyridine rings is 2. The van der Waals surface area contributed by atoms with Crippen molar-refractivity contribution in [3.8, 4) is 11.5 Å². The fraction of sp³-hybridized carbons (Fsp3) is 0.0800. The van der Waals surface area contributed by atoms with Gasteiger partial charge in [0.05, 0.1) is 18.2 Å². The number of hydrogen-bond donors (Lipinski definition) is 0. The molecule has 0 unspecified atom stereocenters. The Morgan fingerprint density at radius 2 is 1.84 bits per heavy atom. The molecule has 0 bridgehead atoms. The van der Waals surface area contributed by atoms with Crippen LogP contribution in [0.5, 0.6) is 11.5 Å². The molecule has 31 heavy (non-hydrogen) atoms. The van der Waals surface area contributed by atoms with E-state index in [-0.39, 0.29) is 12.2 Å². The molecule has 0 aliphatic heterocycles. The second-order valence-electron chi connectivity index (χ2n) is 6.87. The number of hydrogen-bond acceptors (Lipinski definition) is 5. The van der Waals surface area contributed by atoms with Crippen molar-refractivity contribution in [3.63, 3.8) is 0 Å². The summed E-state index contributed by atoms with van der Waals surface area (Å²) in [5.41, 5.74) is 2.20. The van der Waals surface area contributed by atoms with Crippen molar-refractivity contribution in [3.05, 3.63) is 107 Å². The van der Waals surface area contributed by atoms with Crippen LogP contribution in [-0.2, 0) is 6.42 Å². The van der Waals surface area contributed by atoms with E-state index < -0.39 is 0 Å². The lowest BCUT2D eigenvalue weighted by atomic mass is 10.1. The molecule has 0 fully saturated rings. The van der Waals surface area contributed by atoms with Crippen molar-refractivity contribution < 1.29 is 9.53 Å². The standard InChI is InChI=1S/C25H19ClN2O2S/c1-17-14-18(26)9-12-24(17)30-20-11-10-19(28-16-20)15-23(29)22-8-5-13-27-25(22)31-21-6-3-2-4-7-21/h2-14,16H,15H2,1H3. The van der Waals surface area contributed by atoms with Gasteiger partial charge in [0, 0.05) is 21.8 Å². The molecule has 4 rings (SSSR count). The molecule has 0 saturated heterocycles. The number of aromatic nitrogens is 2. The van der Waals surface area contributed by atoms with Gasteiger partial charge in [-0.15, -0.1) is 0 Å². The predicted octanol–water partition coefficient (Wildman–Crippen LogP) is 6.81. The minimum atomic E-state index is -0.0266. The number of carbonyl (C=O) groups excluding carboxylic acids is 1. The summed E-state index contributed by atoms with van der Waals surface area (Å²) in [4.78, 5) is 22.8. The molecule has 0 aliphatic rings. The van der Waals surface area contributed by atoms with Gasteiger partial charge in [-0.1, -0.05) is 41.6 Å². The van der Waals surface area contributed by atoms with Crippen molar-refractivity contribution in [2.45, 2.75) is 23.3 Å². The highest BCUT2D eigenvalue weighted by molar-refractivity contribution is 7.99. The molecule has 0 saturated carbocycles. The van der Waals surface area contributed by atoms with Gasteiger partial charge in [0.2, 0.25) is 0 Å². The van der Waals surface area contributed by atoms with Crippen LogP contribution in [0.4, 0.5) is 0 Å². The van der Waals surface area contributed by atoms with Gasteiger partial charge in [-0.3, -0.25) is 9.78 Å². The molecule has 2 heterocycles. The molecule has 0 N–H and O–H groups in total. The van der Waals surface area contributed by atoms with E-state index >= 15 is 0 Å². The number of halogens is 1. The molecule has 0 amide bonds. The first-order valence-electron chi connectivity index (χ1n) is 9.68. The quantitative estimate of drug-likeness (QED) is 0.292. The third-order valence-electron chi connectivity index (χ3n) is 4.53. The van der Waals surface area contributed by atoms with Crippen LogP contribution in [0.3, 0.4) is 0 Å². The van der Waals surface area contributed by atoms with E-state index in [4.69, 9.17) is 16.3 Å². The summed E-state index contributed by atoms with van der Waals surface area (Å²) in [5, 5.41) is 1.36. The van der Waals surface area contributed by atoms with Gasteiger partial charge >= 0.3 is 0 Å². The molecule has 2 aromatic carbocycles. The Labute approximate surface area is 190 Å². The maximum Gasteiger partial charge on any atom is 0.171 e. The zero-order valence-corrected chi connectivity index (χ0v) is 18.4. The van der Waals surface area contributed by atoms with Crippen molar-refractivity contribution >= 4 is 29.1 Å². The Morgan fingerprint density at radius 1 is 1.00 bits per heavy atom. The monoisotopic (exact) mass is 446 g/mol. The second kappa shape index (κ2) is 9.77. The lowest BCUT2D eigenvalue weighted by Crippen LogP contribution is -2.07. The SMILES string of the molecule is Cc1cc(Cl)ccc1Oc1ccc(CC(=O)c2cccnc2Sc2ccccc2)nc1. The van der Waals surface area contributed by atoms with Crippen LogP contribution in [0.2, 0.25) is 5.02 Å². The maximum absolute atomic E-state index is 12.9. The van der Waals surface area contributed by atoms with Crippen LogP contribution in [0.25, 0.3) is 0 Å². The van der Waals surface area contributed by atoms with E-state index in [2.05, 4.69) is 9.97 Å². The van der Waals surface area contributed by atoms with Gasteiger partial charge < -0.3 is 4.74 Å². The average Bonchev–Trinajstić information content (AvgIpc) is 2.78. The molecule has 0 atom stereocenters. The van der Waals surface area contributed by atoms with E-state index in [1.165, 1.54) is 11.8 Å². The molecule has 154 valence electrons. The molecule has 0 spiro atoms. The smallest absolute Gasteiger partial charge is 0.171 e. The molecule has 2 aromatic heterocycles. The Bertz CT molecular complexity index is 1200. The van der Waals surface area contributed by atoms with Crippen molar-refractivity contribution in [2.24, 2.45) is 0 Å². The summed E-state index contributed by atoms with van der Waals surface area (Å²) < 4.78 is 5.87. The number of Topliss-reactive ketones (excluding diaryl/α,β-unsaturated/α-hetero) is 1.